The van der Waals surface area contributed by atoms with E-state index in [2.05, 4.69) is 0 Å². The summed E-state index contributed by atoms with van der Waals surface area (Å²) >= 11 is 5.86. The zero-order chi connectivity index (χ0) is 14.2. The zero-order valence-corrected chi connectivity index (χ0v) is 12.4. The Labute approximate surface area is 118 Å². The standard InChI is InChI=1S/C12H17ClN2O3S/c1-8-6-15(7-9(2)18-8)19(16,17)12-5-10(13)3-4-11(12)14/h3-5,8-9H,6-7,14H2,1-2H3/t8-,9+. The minimum atomic E-state index is -3.64. The summed E-state index contributed by atoms with van der Waals surface area (Å²) in [6.45, 7) is 4.33. The van der Waals surface area contributed by atoms with Crippen LogP contribution in [0.3, 0.4) is 0 Å². The summed E-state index contributed by atoms with van der Waals surface area (Å²) in [5.74, 6) is 0. The summed E-state index contributed by atoms with van der Waals surface area (Å²) in [7, 11) is -3.64. The van der Waals surface area contributed by atoms with E-state index < -0.39 is 10.0 Å². The molecule has 0 bridgehead atoms. The summed E-state index contributed by atoms with van der Waals surface area (Å²) in [6.07, 6.45) is -0.280. The number of hydrogen-bond acceptors (Lipinski definition) is 4. The summed E-state index contributed by atoms with van der Waals surface area (Å²) in [5.41, 5.74) is 5.96. The number of halogens is 1. The van der Waals surface area contributed by atoms with Crippen LogP contribution >= 0.6 is 11.6 Å². The third-order valence-electron chi connectivity index (χ3n) is 2.98. The Morgan fingerprint density at radius 2 is 1.89 bits per heavy atom. The van der Waals surface area contributed by atoms with Crippen LogP contribution in [0.5, 0.6) is 0 Å². The van der Waals surface area contributed by atoms with Gasteiger partial charge in [-0.3, -0.25) is 0 Å². The Bertz CT molecular complexity index is 566. The Balaban J connectivity index is 2.39. The van der Waals surface area contributed by atoms with Crippen LogP contribution in [0.15, 0.2) is 23.1 Å². The van der Waals surface area contributed by atoms with Crippen molar-refractivity contribution in [2.75, 3.05) is 18.8 Å². The van der Waals surface area contributed by atoms with Crippen molar-refractivity contribution < 1.29 is 13.2 Å². The Kier molecular flexibility index (Phi) is 4.06. The first-order valence-electron chi connectivity index (χ1n) is 6.01. The molecule has 1 heterocycles. The molecule has 2 N–H and O–H groups in total. The fourth-order valence-corrected chi connectivity index (χ4v) is 4.17. The third kappa shape index (κ3) is 3.02. The highest BCUT2D eigenvalue weighted by molar-refractivity contribution is 7.89. The Morgan fingerprint density at radius 1 is 1.32 bits per heavy atom. The lowest BCUT2D eigenvalue weighted by molar-refractivity contribution is -0.0440. The van der Waals surface area contributed by atoms with Crippen molar-refractivity contribution in [2.24, 2.45) is 0 Å². The lowest BCUT2D eigenvalue weighted by Crippen LogP contribution is -2.48. The number of nitrogens with two attached hydrogens (primary N) is 1. The molecule has 0 spiro atoms. The maximum Gasteiger partial charge on any atom is 0.245 e. The van der Waals surface area contributed by atoms with E-state index in [1.165, 1.54) is 16.4 Å². The first-order valence-corrected chi connectivity index (χ1v) is 7.83. The van der Waals surface area contributed by atoms with Crippen LogP contribution in [0.2, 0.25) is 5.02 Å². The van der Waals surface area contributed by atoms with E-state index >= 15 is 0 Å². The molecule has 19 heavy (non-hydrogen) atoms. The molecule has 0 aromatic heterocycles. The average molecular weight is 305 g/mol. The monoisotopic (exact) mass is 304 g/mol. The molecule has 1 fully saturated rings. The number of hydrogen-bond donors (Lipinski definition) is 1. The van der Waals surface area contributed by atoms with E-state index in [0.717, 1.165) is 0 Å². The lowest BCUT2D eigenvalue weighted by atomic mass is 10.3. The number of nitrogens with zero attached hydrogens (tertiary/aromatic N) is 1. The molecule has 106 valence electrons. The molecule has 0 amide bonds. The van der Waals surface area contributed by atoms with Crippen molar-refractivity contribution in [1.82, 2.24) is 4.31 Å². The Hall–Kier alpha value is -0.820. The second kappa shape index (κ2) is 5.28. The molecule has 1 saturated heterocycles. The molecule has 0 radical (unpaired) electrons. The van der Waals surface area contributed by atoms with Gasteiger partial charge in [-0.1, -0.05) is 11.6 Å². The molecular formula is C12H17ClN2O3S. The predicted molar refractivity (Wildman–Crippen MR) is 74.6 cm³/mol. The van der Waals surface area contributed by atoms with Crippen LogP contribution in [0.25, 0.3) is 0 Å². The lowest BCUT2D eigenvalue weighted by Gasteiger charge is -2.34. The highest BCUT2D eigenvalue weighted by Gasteiger charge is 2.33. The van der Waals surface area contributed by atoms with Gasteiger partial charge in [0, 0.05) is 18.1 Å². The van der Waals surface area contributed by atoms with Crippen molar-refractivity contribution >= 4 is 27.3 Å². The predicted octanol–water partition coefficient (Wildman–Crippen LogP) is 1.72. The fourth-order valence-electron chi connectivity index (χ4n) is 2.20. The number of anilines is 1. The van der Waals surface area contributed by atoms with Gasteiger partial charge in [0.15, 0.2) is 0 Å². The molecule has 1 aromatic rings. The number of sulfonamides is 1. The molecule has 5 nitrogen and oxygen atoms in total. The van der Waals surface area contributed by atoms with Crippen LogP contribution in [-0.2, 0) is 14.8 Å². The van der Waals surface area contributed by atoms with Gasteiger partial charge in [0.2, 0.25) is 10.0 Å². The van der Waals surface area contributed by atoms with Gasteiger partial charge < -0.3 is 10.5 Å². The van der Waals surface area contributed by atoms with Crippen molar-refractivity contribution in [3.8, 4) is 0 Å². The van der Waals surface area contributed by atoms with E-state index in [-0.39, 0.29) is 22.8 Å². The SMILES string of the molecule is C[C@@H]1CN(S(=O)(=O)c2cc(Cl)ccc2N)C[C@H](C)O1. The summed E-state index contributed by atoms with van der Waals surface area (Å²) in [6, 6.07) is 4.46. The van der Waals surface area contributed by atoms with Gasteiger partial charge in [0.25, 0.3) is 0 Å². The van der Waals surface area contributed by atoms with Crippen LogP contribution in [0.1, 0.15) is 13.8 Å². The second-order valence-electron chi connectivity index (χ2n) is 4.76. The molecule has 1 aliphatic heterocycles. The highest BCUT2D eigenvalue weighted by atomic mass is 35.5. The molecular weight excluding hydrogens is 288 g/mol. The van der Waals surface area contributed by atoms with Crippen molar-refractivity contribution in [1.29, 1.82) is 0 Å². The van der Waals surface area contributed by atoms with Gasteiger partial charge in [-0.05, 0) is 32.0 Å². The number of nitrogen functional groups attached to an aromatic ring is 1. The maximum absolute atomic E-state index is 12.6. The Morgan fingerprint density at radius 3 is 2.47 bits per heavy atom. The van der Waals surface area contributed by atoms with Crippen molar-refractivity contribution in [3.63, 3.8) is 0 Å². The quantitative estimate of drug-likeness (QED) is 0.844. The van der Waals surface area contributed by atoms with E-state index in [1.54, 1.807) is 6.07 Å². The van der Waals surface area contributed by atoms with Gasteiger partial charge in [0.1, 0.15) is 4.90 Å². The first kappa shape index (κ1) is 14.6. The normalized spacial score (nSPS) is 25.4. The van der Waals surface area contributed by atoms with Crippen LogP contribution in [0.4, 0.5) is 5.69 Å². The summed E-state index contributed by atoms with van der Waals surface area (Å²) in [4.78, 5) is 0.0568. The fraction of sp³-hybridized carbons (Fsp3) is 0.500. The van der Waals surface area contributed by atoms with Gasteiger partial charge in [-0.15, -0.1) is 0 Å². The third-order valence-corrected chi connectivity index (χ3v) is 5.10. The van der Waals surface area contributed by atoms with Crippen LogP contribution in [0, 0.1) is 0 Å². The van der Waals surface area contributed by atoms with Crippen molar-refractivity contribution in [3.05, 3.63) is 23.2 Å². The highest BCUT2D eigenvalue weighted by Crippen LogP contribution is 2.27. The largest absolute Gasteiger partial charge is 0.398 e. The van der Waals surface area contributed by atoms with Crippen LogP contribution < -0.4 is 5.73 Å². The van der Waals surface area contributed by atoms with E-state index in [9.17, 15) is 8.42 Å². The molecule has 0 saturated carbocycles. The molecule has 2 rings (SSSR count). The van der Waals surface area contributed by atoms with Crippen LogP contribution in [-0.4, -0.2) is 38.0 Å². The smallest absolute Gasteiger partial charge is 0.245 e. The molecule has 1 aliphatic rings. The topological polar surface area (TPSA) is 72.6 Å². The first-order chi connectivity index (χ1) is 8.80. The average Bonchev–Trinajstić information content (AvgIpc) is 2.31. The number of benzene rings is 1. The number of morpholine rings is 1. The minimum Gasteiger partial charge on any atom is -0.398 e. The molecule has 2 atom stereocenters. The van der Waals surface area contributed by atoms with Crippen molar-refractivity contribution in [2.45, 2.75) is 31.0 Å². The number of rotatable bonds is 2. The van der Waals surface area contributed by atoms with Gasteiger partial charge in [0.05, 0.1) is 17.9 Å². The second-order valence-corrected chi connectivity index (χ2v) is 7.10. The molecule has 7 heteroatoms. The van der Waals surface area contributed by atoms with E-state index in [1.807, 2.05) is 13.8 Å². The summed E-state index contributed by atoms with van der Waals surface area (Å²) in [5, 5.41) is 0.349. The molecule has 1 aromatic carbocycles. The zero-order valence-electron chi connectivity index (χ0n) is 10.8. The molecule has 0 aliphatic carbocycles. The number of ether oxygens (including phenoxy) is 1. The molecule has 0 unspecified atom stereocenters. The minimum absolute atomic E-state index is 0.0568. The van der Waals surface area contributed by atoms with Gasteiger partial charge in [-0.2, -0.15) is 4.31 Å². The van der Waals surface area contributed by atoms with E-state index in [0.29, 0.717) is 18.1 Å². The maximum atomic E-state index is 12.6. The van der Waals surface area contributed by atoms with Gasteiger partial charge in [-0.25, -0.2) is 8.42 Å². The van der Waals surface area contributed by atoms with Gasteiger partial charge >= 0.3 is 0 Å². The summed E-state index contributed by atoms with van der Waals surface area (Å²) < 4.78 is 32.1. The van der Waals surface area contributed by atoms with E-state index in [4.69, 9.17) is 22.1 Å².